The number of halogens is 1. The molecule has 1 aliphatic carbocycles. The van der Waals surface area contributed by atoms with Gasteiger partial charge >= 0.3 is 5.97 Å². The number of aliphatic carboxylic acids is 1. The Hall–Kier alpha value is -2.11. The zero-order chi connectivity index (χ0) is 15.7. The minimum Gasteiger partial charge on any atom is -0.490 e. The lowest BCUT2D eigenvalue weighted by Crippen LogP contribution is -2.42. The molecule has 0 unspecified atom stereocenters. The first-order valence-corrected chi connectivity index (χ1v) is 7.48. The van der Waals surface area contributed by atoms with Gasteiger partial charge in [-0.05, 0) is 30.7 Å². The van der Waals surface area contributed by atoms with Crippen molar-refractivity contribution in [2.24, 2.45) is 11.8 Å². The number of amides is 1. The molecule has 1 N–H and O–H groups in total. The Kier molecular flexibility index (Phi) is 4.00. The van der Waals surface area contributed by atoms with Crippen LogP contribution in [0.15, 0.2) is 24.3 Å². The summed E-state index contributed by atoms with van der Waals surface area (Å²) in [7, 11) is 0. The SMILES string of the molecule is O=C(O)[C@H]1C[C@@H]1C(=O)N1CCC(Oc2ccc(F)cc2)CC1. The molecule has 2 atom stereocenters. The quantitative estimate of drug-likeness (QED) is 0.923. The molecule has 1 heterocycles. The van der Waals surface area contributed by atoms with Crippen LogP contribution >= 0.6 is 0 Å². The number of nitrogens with zero attached hydrogens (tertiary/aromatic N) is 1. The Morgan fingerprint density at radius 1 is 1.14 bits per heavy atom. The summed E-state index contributed by atoms with van der Waals surface area (Å²) in [5.74, 6) is -1.45. The van der Waals surface area contributed by atoms with Gasteiger partial charge in [0.1, 0.15) is 17.7 Å². The second-order valence-corrected chi connectivity index (χ2v) is 5.88. The number of hydrogen-bond donors (Lipinski definition) is 1. The highest BCUT2D eigenvalue weighted by Gasteiger charge is 2.50. The van der Waals surface area contributed by atoms with Crippen LogP contribution in [0.5, 0.6) is 5.75 Å². The molecule has 6 heteroatoms. The van der Waals surface area contributed by atoms with Gasteiger partial charge in [0.2, 0.25) is 5.91 Å². The maximum absolute atomic E-state index is 12.8. The fourth-order valence-corrected chi connectivity index (χ4v) is 2.88. The molecule has 22 heavy (non-hydrogen) atoms. The van der Waals surface area contributed by atoms with Crippen LogP contribution in [-0.4, -0.2) is 41.1 Å². The van der Waals surface area contributed by atoms with Crippen molar-refractivity contribution in [2.75, 3.05) is 13.1 Å². The van der Waals surface area contributed by atoms with Crippen LogP contribution in [0.25, 0.3) is 0 Å². The molecule has 1 saturated carbocycles. The van der Waals surface area contributed by atoms with Gasteiger partial charge in [0, 0.05) is 25.9 Å². The summed E-state index contributed by atoms with van der Waals surface area (Å²) in [4.78, 5) is 24.7. The van der Waals surface area contributed by atoms with Crippen molar-refractivity contribution in [1.29, 1.82) is 0 Å². The van der Waals surface area contributed by atoms with Crippen LogP contribution < -0.4 is 4.74 Å². The largest absolute Gasteiger partial charge is 0.490 e. The number of rotatable bonds is 4. The maximum atomic E-state index is 12.8. The molecule has 118 valence electrons. The Bertz CT molecular complexity index is 566. The molecular formula is C16H18FNO4. The Morgan fingerprint density at radius 3 is 2.32 bits per heavy atom. The summed E-state index contributed by atoms with van der Waals surface area (Å²) in [6, 6.07) is 5.89. The van der Waals surface area contributed by atoms with Crippen LogP contribution in [-0.2, 0) is 9.59 Å². The third-order valence-electron chi connectivity index (χ3n) is 4.29. The zero-order valence-electron chi connectivity index (χ0n) is 12.1. The first kappa shape index (κ1) is 14.8. The average Bonchev–Trinajstić information content (AvgIpc) is 3.30. The number of likely N-dealkylation sites (tertiary alicyclic amines) is 1. The van der Waals surface area contributed by atoms with Gasteiger partial charge < -0.3 is 14.7 Å². The van der Waals surface area contributed by atoms with Gasteiger partial charge in [-0.1, -0.05) is 0 Å². The molecule has 2 fully saturated rings. The number of carboxylic acids is 1. The van der Waals surface area contributed by atoms with E-state index in [0.29, 0.717) is 38.1 Å². The highest BCUT2D eigenvalue weighted by atomic mass is 19.1. The second-order valence-electron chi connectivity index (χ2n) is 5.88. The van der Waals surface area contributed by atoms with E-state index >= 15 is 0 Å². The lowest BCUT2D eigenvalue weighted by Gasteiger charge is -2.32. The van der Waals surface area contributed by atoms with Crippen molar-refractivity contribution >= 4 is 11.9 Å². The van der Waals surface area contributed by atoms with Gasteiger partial charge in [0.25, 0.3) is 0 Å². The molecule has 0 spiro atoms. The summed E-state index contributed by atoms with van der Waals surface area (Å²) >= 11 is 0. The molecule has 1 amide bonds. The Morgan fingerprint density at radius 2 is 1.77 bits per heavy atom. The number of carbonyl (C=O) groups is 2. The summed E-state index contributed by atoms with van der Waals surface area (Å²) in [6.07, 6.45) is 1.87. The van der Waals surface area contributed by atoms with Crippen LogP contribution in [0, 0.1) is 17.7 Å². The molecule has 0 bridgehead atoms. The van der Waals surface area contributed by atoms with Crippen molar-refractivity contribution in [1.82, 2.24) is 4.90 Å². The normalized spacial score (nSPS) is 24.9. The minimum absolute atomic E-state index is 0.00369. The predicted octanol–water partition coefficient (Wildman–Crippen LogP) is 1.92. The maximum Gasteiger partial charge on any atom is 0.307 e. The van der Waals surface area contributed by atoms with E-state index in [-0.39, 0.29) is 23.7 Å². The minimum atomic E-state index is -0.882. The molecule has 3 rings (SSSR count). The topological polar surface area (TPSA) is 66.8 Å². The van der Waals surface area contributed by atoms with E-state index in [4.69, 9.17) is 9.84 Å². The molecule has 0 radical (unpaired) electrons. The molecule has 1 aliphatic heterocycles. The predicted molar refractivity (Wildman–Crippen MR) is 75.9 cm³/mol. The van der Waals surface area contributed by atoms with Crippen LogP contribution in [0.4, 0.5) is 4.39 Å². The van der Waals surface area contributed by atoms with E-state index in [0.717, 1.165) is 0 Å². The van der Waals surface area contributed by atoms with Gasteiger partial charge in [-0.3, -0.25) is 9.59 Å². The van der Waals surface area contributed by atoms with Crippen molar-refractivity contribution in [3.63, 3.8) is 0 Å². The molecule has 1 aromatic carbocycles. The first-order valence-electron chi connectivity index (χ1n) is 7.48. The van der Waals surface area contributed by atoms with E-state index in [9.17, 15) is 14.0 Å². The number of piperidine rings is 1. The number of hydrogen-bond acceptors (Lipinski definition) is 3. The number of carbonyl (C=O) groups excluding carboxylic acids is 1. The van der Waals surface area contributed by atoms with Crippen LogP contribution in [0.1, 0.15) is 19.3 Å². The highest BCUT2D eigenvalue weighted by Crippen LogP contribution is 2.40. The van der Waals surface area contributed by atoms with Crippen molar-refractivity contribution in [3.05, 3.63) is 30.1 Å². The summed E-state index contributed by atoms with van der Waals surface area (Å²) < 4.78 is 18.6. The smallest absolute Gasteiger partial charge is 0.307 e. The van der Waals surface area contributed by atoms with Gasteiger partial charge in [-0.2, -0.15) is 0 Å². The molecule has 1 aromatic rings. The van der Waals surface area contributed by atoms with E-state index in [1.54, 1.807) is 17.0 Å². The van der Waals surface area contributed by atoms with Crippen molar-refractivity contribution < 1.29 is 23.8 Å². The standard InChI is InChI=1S/C16H18FNO4/c17-10-1-3-11(4-2-10)22-12-5-7-18(8-6-12)15(19)13-9-14(13)16(20)21/h1-4,12-14H,5-9H2,(H,20,21)/t13-,14-/m0/s1. The summed E-state index contributed by atoms with van der Waals surface area (Å²) in [6.45, 7) is 1.15. The molecule has 2 aliphatic rings. The second kappa shape index (κ2) is 5.94. The zero-order valence-corrected chi connectivity index (χ0v) is 12.1. The fraction of sp³-hybridized carbons (Fsp3) is 0.500. The molecule has 1 saturated heterocycles. The average molecular weight is 307 g/mol. The summed E-state index contributed by atoms with van der Waals surface area (Å²) in [5, 5.41) is 8.88. The van der Waals surface area contributed by atoms with E-state index in [2.05, 4.69) is 0 Å². The Labute approximate surface area is 127 Å². The van der Waals surface area contributed by atoms with E-state index < -0.39 is 11.9 Å². The van der Waals surface area contributed by atoms with E-state index in [1.165, 1.54) is 12.1 Å². The Balaban J connectivity index is 1.47. The monoisotopic (exact) mass is 307 g/mol. The lowest BCUT2D eigenvalue weighted by atomic mass is 10.1. The number of ether oxygens (including phenoxy) is 1. The molecular weight excluding hydrogens is 289 g/mol. The highest BCUT2D eigenvalue weighted by molar-refractivity contribution is 5.89. The summed E-state index contributed by atoms with van der Waals surface area (Å²) in [5.41, 5.74) is 0. The number of benzene rings is 1. The van der Waals surface area contributed by atoms with Crippen molar-refractivity contribution in [2.45, 2.75) is 25.4 Å². The van der Waals surface area contributed by atoms with Gasteiger partial charge in [-0.15, -0.1) is 0 Å². The van der Waals surface area contributed by atoms with Gasteiger partial charge in [-0.25, -0.2) is 4.39 Å². The van der Waals surface area contributed by atoms with Crippen molar-refractivity contribution in [3.8, 4) is 5.75 Å². The lowest BCUT2D eigenvalue weighted by molar-refractivity contribution is -0.142. The first-order chi connectivity index (χ1) is 10.5. The van der Waals surface area contributed by atoms with Gasteiger partial charge in [0.15, 0.2) is 0 Å². The molecule has 0 aromatic heterocycles. The third-order valence-corrected chi connectivity index (χ3v) is 4.29. The number of carboxylic acid groups (broad SMARTS) is 1. The van der Waals surface area contributed by atoms with Crippen LogP contribution in [0.2, 0.25) is 0 Å². The van der Waals surface area contributed by atoms with Gasteiger partial charge in [0.05, 0.1) is 11.8 Å². The molecule has 5 nitrogen and oxygen atoms in total. The third kappa shape index (κ3) is 3.21. The van der Waals surface area contributed by atoms with Crippen LogP contribution in [0.3, 0.4) is 0 Å². The van der Waals surface area contributed by atoms with E-state index in [1.807, 2.05) is 0 Å². The fourth-order valence-electron chi connectivity index (χ4n) is 2.88.